The predicted octanol–water partition coefficient (Wildman–Crippen LogP) is 4.55. The Hall–Kier alpha value is -2.34. The first-order chi connectivity index (χ1) is 13.3. The molecule has 2 heterocycles. The van der Waals surface area contributed by atoms with Crippen LogP contribution in [-0.4, -0.2) is 36.9 Å². The highest BCUT2D eigenvalue weighted by molar-refractivity contribution is 7.12. The summed E-state index contributed by atoms with van der Waals surface area (Å²) in [7, 11) is 1.60. The molecule has 0 aliphatic carbocycles. The molecule has 6 heteroatoms. The zero-order valence-electron chi connectivity index (χ0n) is 17.0. The maximum Gasteiger partial charge on any atom is 0.263 e. The van der Waals surface area contributed by atoms with Crippen LogP contribution in [0.4, 0.5) is 5.69 Å². The van der Waals surface area contributed by atoms with Crippen molar-refractivity contribution < 1.29 is 14.3 Å². The van der Waals surface area contributed by atoms with Gasteiger partial charge in [-0.3, -0.25) is 9.59 Å². The molecule has 2 amide bonds. The second-order valence-corrected chi connectivity index (χ2v) is 9.17. The molecule has 1 atom stereocenters. The lowest BCUT2D eigenvalue weighted by Crippen LogP contribution is -2.43. The molecule has 1 fully saturated rings. The van der Waals surface area contributed by atoms with E-state index < -0.39 is 0 Å². The van der Waals surface area contributed by atoms with E-state index in [9.17, 15) is 9.59 Å². The Labute approximate surface area is 170 Å². The van der Waals surface area contributed by atoms with Gasteiger partial charge in [0, 0.05) is 13.1 Å². The topological polar surface area (TPSA) is 58.6 Å². The summed E-state index contributed by atoms with van der Waals surface area (Å²) >= 11 is 1.44. The molecule has 0 bridgehead atoms. The monoisotopic (exact) mass is 400 g/mol. The van der Waals surface area contributed by atoms with Gasteiger partial charge in [0.05, 0.1) is 23.6 Å². The van der Waals surface area contributed by atoms with Gasteiger partial charge in [0.25, 0.3) is 5.91 Å². The van der Waals surface area contributed by atoms with E-state index in [1.165, 1.54) is 11.3 Å². The number of nitrogens with one attached hydrogen (secondary N) is 1. The molecule has 1 aromatic carbocycles. The number of rotatable bonds is 4. The summed E-state index contributed by atoms with van der Waals surface area (Å²) in [6.45, 7) is 7.55. The molecule has 1 N–H and O–H groups in total. The van der Waals surface area contributed by atoms with Crippen molar-refractivity contribution in [2.45, 2.75) is 39.0 Å². The van der Waals surface area contributed by atoms with Gasteiger partial charge in [0.1, 0.15) is 5.75 Å². The summed E-state index contributed by atoms with van der Waals surface area (Å²) in [4.78, 5) is 28.1. The second-order valence-electron chi connectivity index (χ2n) is 8.22. The van der Waals surface area contributed by atoms with E-state index in [1.54, 1.807) is 12.0 Å². The number of methoxy groups -OCH3 is 1. The number of amides is 2. The summed E-state index contributed by atoms with van der Waals surface area (Å²) in [5.74, 6) is 0.372. The minimum Gasteiger partial charge on any atom is -0.495 e. The lowest BCUT2D eigenvalue weighted by molar-refractivity contribution is -0.121. The first-order valence-electron chi connectivity index (χ1n) is 9.62. The number of nitrogens with zero attached hydrogens (tertiary/aromatic N) is 1. The number of anilines is 1. The molecular weight excluding hydrogens is 372 g/mol. The van der Waals surface area contributed by atoms with Crippen LogP contribution in [0.2, 0.25) is 0 Å². The number of carbonyl (C=O) groups is 2. The van der Waals surface area contributed by atoms with Crippen LogP contribution < -0.4 is 10.1 Å². The maximum atomic E-state index is 12.9. The van der Waals surface area contributed by atoms with Gasteiger partial charge in [0.15, 0.2) is 0 Å². The third-order valence-electron chi connectivity index (χ3n) is 5.13. The van der Waals surface area contributed by atoms with Crippen molar-refractivity contribution in [3.8, 4) is 5.75 Å². The smallest absolute Gasteiger partial charge is 0.263 e. The molecule has 150 valence electrons. The Balaban J connectivity index is 1.73. The number of likely N-dealkylation sites (tertiary alicyclic amines) is 1. The van der Waals surface area contributed by atoms with Gasteiger partial charge >= 0.3 is 0 Å². The van der Waals surface area contributed by atoms with Crippen molar-refractivity contribution in [3.05, 3.63) is 46.2 Å². The van der Waals surface area contributed by atoms with Gasteiger partial charge in [-0.2, -0.15) is 0 Å². The standard InChI is InChI=1S/C22H28N2O3S/c1-22(2,3)16-9-10-18(27-4)17(13-16)23-20(25)15-7-5-11-24(14-15)21(26)19-8-6-12-28-19/h6,8-10,12-13,15H,5,7,11,14H2,1-4H3,(H,23,25)/t15-/m1/s1. The van der Waals surface area contributed by atoms with E-state index in [2.05, 4.69) is 26.1 Å². The fourth-order valence-corrected chi connectivity index (χ4v) is 4.13. The average molecular weight is 401 g/mol. The van der Waals surface area contributed by atoms with Gasteiger partial charge in [-0.15, -0.1) is 11.3 Å². The van der Waals surface area contributed by atoms with Crippen molar-refractivity contribution in [3.63, 3.8) is 0 Å². The Morgan fingerprint density at radius 3 is 2.68 bits per heavy atom. The molecule has 28 heavy (non-hydrogen) atoms. The number of piperidine rings is 1. The molecule has 2 aromatic rings. The van der Waals surface area contributed by atoms with Crippen LogP contribution in [0.15, 0.2) is 35.7 Å². The van der Waals surface area contributed by atoms with E-state index in [4.69, 9.17) is 4.74 Å². The summed E-state index contributed by atoms with van der Waals surface area (Å²) in [5.41, 5.74) is 1.78. The first kappa shape index (κ1) is 20.4. The van der Waals surface area contributed by atoms with Crippen LogP contribution in [0.3, 0.4) is 0 Å². The van der Waals surface area contributed by atoms with Crippen LogP contribution in [0.1, 0.15) is 48.8 Å². The Bertz CT molecular complexity index is 840. The van der Waals surface area contributed by atoms with Crippen molar-refractivity contribution in [2.24, 2.45) is 5.92 Å². The molecular formula is C22H28N2O3S. The normalized spacial score (nSPS) is 17.3. The van der Waals surface area contributed by atoms with E-state index in [1.807, 2.05) is 35.7 Å². The summed E-state index contributed by atoms with van der Waals surface area (Å²) in [5, 5.41) is 4.94. The van der Waals surface area contributed by atoms with Crippen molar-refractivity contribution in [2.75, 3.05) is 25.5 Å². The number of thiophene rings is 1. The Morgan fingerprint density at radius 1 is 1.25 bits per heavy atom. The number of benzene rings is 1. The quantitative estimate of drug-likeness (QED) is 0.819. The lowest BCUT2D eigenvalue weighted by atomic mass is 9.86. The summed E-state index contributed by atoms with van der Waals surface area (Å²) in [6, 6.07) is 9.61. The van der Waals surface area contributed by atoms with Gasteiger partial charge in [-0.05, 0) is 47.4 Å². The van der Waals surface area contributed by atoms with E-state index in [0.29, 0.717) is 24.5 Å². The molecule has 0 radical (unpaired) electrons. The SMILES string of the molecule is COc1ccc(C(C)(C)C)cc1NC(=O)[C@@H]1CCCN(C(=O)c2cccs2)C1. The molecule has 1 aromatic heterocycles. The van der Waals surface area contributed by atoms with Crippen LogP contribution in [0.25, 0.3) is 0 Å². The van der Waals surface area contributed by atoms with Crippen LogP contribution in [0.5, 0.6) is 5.75 Å². The molecule has 1 aliphatic heterocycles. The highest BCUT2D eigenvalue weighted by Crippen LogP contribution is 2.32. The largest absolute Gasteiger partial charge is 0.495 e. The number of hydrogen-bond donors (Lipinski definition) is 1. The molecule has 0 unspecified atom stereocenters. The van der Waals surface area contributed by atoms with E-state index >= 15 is 0 Å². The first-order valence-corrected chi connectivity index (χ1v) is 10.5. The van der Waals surface area contributed by atoms with E-state index in [-0.39, 0.29) is 23.1 Å². The van der Waals surface area contributed by atoms with Gasteiger partial charge in [0.2, 0.25) is 5.91 Å². The lowest BCUT2D eigenvalue weighted by Gasteiger charge is -2.32. The fraction of sp³-hybridized carbons (Fsp3) is 0.455. The van der Waals surface area contributed by atoms with Crippen LogP contribution >= 0.6 is 11.3 Å². The number of hydrogen-bond acceptors (Lipinski definition) is 4. The minimum atomic E-state index is -0.222. The second kappa shape index (κ2) is 8.35. The van der Waals surface area contributed by atoms with Crippen molar-refractivity contribution in [1.29, 1.82) is 0 Å². The highest BCUT2D eigenvalue weighted by atomic mass is 32.1. The predicted molar refractivity (Wildman–Crippen MR) is 113 cm³/mol. The molecule has 1 aliphatic rings. The van der Waals surface area contributed by atoms with Gasteiger partial charge in [-0.25, -0.2) is 0 Å². The molecule has 0 spiro atoms. The van der Waals surface area contributed by atoms with E-state index in [0.717, 1.165) is 23.3 Å². The Kier molecular flexibility index (Phi) is 6.08. The van der Waals surface area contributed by atoms with Gasteiger partial charge < -0.3 is 15.0 Å². The van der Waals surface area contributed by atoms with Crippen molar-refractivity contribution in [1.82, 2.24) is 4.90 Å². The maximum absolute atomic E-state index is 12.9. The van der Waals surface area contributed by atoms with Crippen molar-refractivity contribution >= 4 is 28.8 Å². The zero-order chi connectivity index (χ0) is 20.3. The third-order valence-corrected chi connectivity index (χ3v) is 5.99. The highest BCUT2D eigenvalue weighted by Gasteiger charge is 2.30. The Morgan fingerprint density at radius 2 is 2.04 bits per heavy atom. The third kappa shape index (κ3) is 4.55. The zero-order valence-corrected chi connectivity index (χ0v) is 17.8. The van der Waals surface area contributed by atoms with Crippen LogP contribution in [-0.2, 0) is 10.2 Å². The number of carbonyl (C=O) groups excluding carboxylic acids is 2. The van der Waals surface area contributed by atoms with Crippen LogP contribution in [0, 0.1) is 5.92 Å². The average Bonchev–Trinajstić information content (AvgIpc) is 3.21. The minimum absolute atomic E-state index is 0.0137. The molecule has 0 saturated carbocycles. The molecule has 3 rings (SSSR count). The summed E-state index contributed by atoms with van der Waals surface area (Å²) < 4.78 is 5.43. The summed E-state index contributed by atoms with van der Waals surface area (Å²) in [6.07, 6.45) is 1.61. The molecule has 1 saturated heterocycles. The molecule has 5 nitrogen and oxygen atoms in total. The number of ether oxygens (including phenoxy) is 1. The van der Waals surface area contributed by atoms with Gasteiger partial charge in [-0.1, -0.05) is 32.9 Å². The fourth-order valence-electron chi connectivity index (χ4n) is 3.44.